The molecule has 0 spiro atoms. The standard InChI is InChI=1S/C15H17ClN4O2/c1-10(6-11-4-3-5-12(16)7-11)15(22)18-13(8-21)14-19-17-9-20(14)2/h3-7,9,13,21H,8H2,1-2H3,(H,18,22)/b10-6-. The van der Waals surface area contributed by atoms with E-state index in [-0.39, 0.29) is 12.5 Å². The molecule has 1 heterocycles. The first-order valence-electron chi connectivity index (χ1n) is 6.70. The zero-order chi connectivity index (χ0) is 16.1. The van der Waals surface area contributed by atoms with Gasteiger partial charge in [-0.25, -0.2) is 0 Å². The minimum absolute atomic E-state index is 0.261. The molecule has 22 heavy (non-hydrogen) atoms. The lowest BCUT2D eigenvalue weighted by molar-refractivity contribution is -0.118. The number of aliphatic hydroxyl groups excluding tert-OH is 1. The van der Waals surface area contributed by atoms with E-state index in [4.69, 9.17) is 11.6 Å². The molecule has 2 rings (SSSR count). The average molecular weight is 321 g/mol. The van der Waals surface area contributed by atoms with Crippen LogP contribution in [0.5, 0.6) is 0 Å². The number of hydrogen-bond acceptors (Lipinski definition) is 4. The molecule has 0 saturated carbocycles. The fraction of sp³-hybridized carbons (Fsp3) is 0.267. The Morgan fingerprint density at radius 1 is 1.55 bits per heavy atom. The largest absolute Gasteiger partial charge is 0.394 e. The highest BCUT2D eigenvalue weighted by Gasteiger charge is 2.19. The van der Waals surface area contributed by atoms with Crippen LogP contribution in [0.4, 0.5) is 0 Å². The fourth-order valence-electron chi connectivity index (χ4n) is 1.98. The number of nitrogens with zero attached hydrogens (tertiary/aromatic N) is 3. The van der Waals surface area contributed by atoms with E-state index >= 15 is 0 Å². The van der Waals surface area contributed by atoms with Gasteiger partial charge in [0.05, 0.1) is 6.61 Å². The minimum atomic E-state index is -0.609. The van der Waals surface area contributed by atoms with Crippen LogP contribution in [0.1, 0.15) is 24.4 Å². The van der Waals surface area contributed by atoms with Crippen molar-refractivity contribution in [1.82, 2.24) is 20.1 Å². The van der Waals surface area contributed by atoms with Crippen molar-refractivity contribution in [1.29, 1.82) is 0 Å². The Hall–Kier alpha value is -2.18. The summed E-state index contributed by atoms with van der Waals surface area (Å²) in [5, 5.41) is 20.4. The summed E-state index contributed by atoms with van der Waals surface area (Å²) in [4.78, 5) is 12.2. The van der Waals surface area contributed by atoms with Gasteiger partial charge in [0.15, 0.2) is 5.82 Å². The fourth-order valence-corrected chi connectivity index (χ4v) is 2.18. The lowest BCUT2D eigenvalue weighted by atomic mass is 10.1. The van der Waals surface area contributed by atoms with Crippen molar-refractivity contribution < 1.29 is 9.90 Å². The molecule has 6 nitrogen and oxygen atoms in total. The summed E-state index contributed by atoms with van der Waals surface area (Å²) in [6, 6.07) is 6.60. The van der Waals surface area contributed by atoms with Gasteiger partial charge in [-0.15, -0.1) is 10.2 Å². The summed E-state index contributed by atoms with van der Waals surface area (Å²) in [6.07, 6.45) is 3.24. The van der Waals surface area contributed by atoms with Crippen molar-refractivity contribution in [2.45, 2.75) is 13.0 Å². The second kappa shape index (κ2) is 7.20. The highest BCUT2D eigenvalue weighted by atomic mass is 35.5. The Bertz CT molecular complexity index is 696. The first-order valence-corrected chi connectivity index (χ1v) is 7.08. The molecule has 116 valence electrons. The Labute approximate surface area is 133 Å². The second-order valence-electron chi connectivity index (χ2n) is 4.89. The van der Waals surface area contributed by atoms with E-state index in [2.05, 4.69) is 15.5 Å². The van der Waals surface area contributed by atoms with E-state index in [0.717, 1.165) is 5.56 Å². The van der Waals surface area contributed by atoms with Gasteiger partial charge in [0, 0.05) is 17.6 Å². The van der Waals surface area contributed by atoms with Gasteiger partial charge in [-0.2, -0.15) is 0 Å². The van der Waals surface area contributed by atoms with Gasteiger partial charge in [0.2, 0.25) is 5.91 Å². The molecule has 7 heteroatoms. The van der Waals surface area contributed by atoms with Crippen molar-refractivity contribution in [3.8, 4) is 0 Å². The summed E-state index contributed by atoms with van der Waals surface area (Å²) < 4.78 is 1.65. The van der Waals surface area contributed by atoms with Crippen molar-refractivity contribution in [2.75, 3.05) is 6.61 Å². The van der Waals surface area contributed by atoms with Crippen molar-refractivity contribution in [3.63, 3.8) is 0 Å². The number of halogens is 1. The Morgan fingerprint density at radius 2 is 2.32 bits per heavy atom. The summed E-state index contributed by atoms with van der Waals surface area (Å²) >= 11 is 5.92. The SMILES string of the molecule is C/C(=C/c1cccc(Cl)c1)C(=O)NC(CO)c1nncn1C. The number of hydrogen-bond donors (Lipinski definition) is 2. The van der Waals surface area contributed by atoms with Crippen LogP contribution >= 0.6 is 11.6 Å². The van der Waals surface area contributed by atoms with Gasteiger partial charge in [-0.05, 0) is 30.7 Å². The van der Waals surface area contributed by atoms with E-state index in [1.54, 1.807) is 36.7 Å². The zero-order valence-electron chi connectivity index (χ0n) is 12.3. The number of aromatic nitrogens is 3. The predicted molar refractivity (Wildman–Crippen MR) is 84.1 cm³/mol. The first-order chi connectivity index (χ1) is 10.5. The normalized spacial score (nSPS) is 13.0. The lowest BCUT2D eigenvalue weighted by Crippen LogP contribution is -2.33. The number of amides is 1. The second-order valence-corrected chi connectivity index (χ2v) is 5.33. The molecule has 1 amide bonds. The molecular weight excluding hydrogens is 304 g/mol. The minimum Gasteiger partial charge on any atom is -0.394 e. The molecule has 2 N–H and O–H groups in total. The Morgan fingerprint density at radius 3 is 2.91 bits per heavy atom. The highest BCUT2D eigenvalue weighted by molar-refractivity contribution is 6.30. The number of rotatable bonds is 5. The molecule has 0 radical (unpaired) electrons. The quantitative estimate of drug-likeness (QED) is 0.822. The van der Waals surface area contributed by atoms with E-state index in [1.165, 1.54) is 6.33 Å². The number of carbonyl (C=O) groups is 1. The molecule has 0 aliphatic carbocycles. The van der Waals surface area contributed by atoms with Crippen LogP contribution in [0, 0.1) is 0 Å². The van der Waals surface area contributed by atoms with E-state index in [9.17, 15) is 9.90 Å². The summed E-state index contributed by atoms with van der Waals surface area (Å²) in [5.74, 6) is 0.202. The highest BCUT2D eigenvalue weighted by Crippen LogP contribution is 2.15. The van der Waals surface area contributed by atoms with Crippen LogP contribution < -0.4 is 5.32 Å². The van der Waals surface area contributed by atoms with Gasteiger partial charge in [-0.1, -0.05) is 23.7 Å². The third kappa shape index (κ3) is 3.93. The molecule has 0 bridgehead atoms. The third-order valence-corrected chi connectivity index (χ3v) is 3.37. The smallest absolute Gasteiger partial charge is 0.247 e. The van der Waals surface area contributed by atoms with Gasteiger partial charge in [0.25, 0.3) is 0 Å². The average Bonchev–Trinajstić information content (AvgIpc) is 2.90. The molecule has 1 atom stereocenters. The molecule has 1 aromatic carbocycles. The predicted octanol–water partition coefficient (Wildman–Crippen LogP) is 1.72. The van der Waals surface area contributed by atoms with E-state index in [1.807, 2.05) is 12.1 Å². The van der Waals surface area contributed by atoms with Crippen molar-refractivity contribution >= 4 is 23.6 Å². The molecule has 0 aliphatic heterocycles. The molecule has 1 aromatic heterocycles. The topological polar surface area (TPSA) is 80.0 Å². The number of aliphatic hydroxyl groups is 1. The van der Waals surface area contributed by atoms with Gasteiger partial charge in [-0.3, -0.25) is 4.79 Å². The van der Waals surface area contributed by atoms with E-state index < -0.39 is 6.04 Å². The summed E-state index contributed by atoms with van der Waals surface area (Å²) in [5.41, 5.74) is 1.34. The Balaban J connectivity index is 2.12. The van der Waals surface area contributed by atoms with Crippen LogP contribution in [0.25, 0.3) is 6.08 Å². The van der Waals surface area contributed by atoms with Crippen LogP contribution in [-0.2, 0) is 11.8 Å². The van der Waals surface area contributed by atoms with Gasteiger partial charge >= 0.3 is 0 Å². The number of benzene rings is 1. The molecule has 2 aromatic rings. The zero-order valence-corrected chi connectivity index (χ0v) is 13.1. The number of aryl methyl sites for hydroxylation is 1. The van der Waals surface area contributed by atoms with Crippen LogP contribution in [0.3, 0.4) is 0 Å². The summed E-state index contributed by atoms with van der Waals surface area (Å²) in [6.45, 7) is 1.43. The first kappa shape index (κ1) is 16.2. The molecule has 1 unspecified atom stereocenters. The van der Waals surface area contributed by atoms with Gasteiger partial charge in [0.1, 0.15) is 12.4 Å². The molecule has 0 aliphatic rings. The van der Waals surface area contributed by atoms with E-state index in [0.29, 0.717) is 16.4 Å². The molecular formula is C15H17ClN4O2. The number of nitrogens with one attached hydrogen (secondary N) is 1. The Kier molecular flexibility index (Phi) is 5.30. The maximum Gasteiger partial charge on any atom is 0.247 e. The number of carbonyl (C=O) groups excluding carboxylic acids is 1. The third-order valence-electron chi connectivity index (χ3n) is 3.14. The van der Waals surface area contributed by atoms with Crippen LogP contribution in [-0.4, -0.2) is 32.4 Å². The summed E-state index contributed by atoms with van der Waals surface area (Å²) in [7, 11) is 1.75. The molecule has 0 fully saturated rings. The monoisotopic (exact) mass is 320 g/mol. The molecule has 0 saturated heterocycles. The van der Waals surface area contributed by atoms with Gasteiger partial charge < -0.3 is 15.0 Å². The van der Waals surface area contributed by atoms with Crippen molar-refractivity contribution in [3.05, 3.63) is 52.6 Å². The maximum absolute atomic E-state index is 12.2. The van der Waals surface area contributed by atoms with Crippen molar-refractivity contribution in [2.24, 2.45) is 7.05 Å². The maximum atomic E-state index is 12.2. The lowest BCUT2D eigenvalue weighted by Gasteiger charge is -2.15. The van der Waals surface area contributed by atoms with Crippen LogP contribution in [0.2, 0.25) is 5.02 Å². The van der Waals surface area contributed by atoms with Crippen LogP contribution in [0.15, 0.2) is 36.2 Å².